The molecule has 0 saturated heterocycles. The van der Waals surface area contributed by atoms with Gasteiger partial charge in [0.25, 0.3) is 5.91 Å². The Morgan fingerprint density at radius 3 is 2.76 bits per heavy atom. The minimum atomic E-state index is -0.938. The molecule has 0 saturated carbocycles. The van der Waals surface area contributed by atoms with Crippen molar-refractivity contribution in [3.63, 3.8) is 0 Å². The van der Waals surface area contributed by atoms with Gasteiger partial charge in [-0.05, 0) is 23.6 Å². The first-order valence-electron chi connectivity index (χ1n) is 6.97. The Hall–Kier alpha value is -2.08. The number of carboxylic acid groups (broad SMARTS) is 1. The van der Waals surface area contributed by atoms with E-state index >= 15 is 0 Å². The summed E-state index contributed by atoms with van der Waals surface area (Å²) in [5, 5.41) is 8.87. The Balaban J connectivity index is 2.39. The summed E-state index contributed by atoms with van der Waals surface area (Å²) in [6, 6.07) is 5.42. The molecule has 1 unspecified atom stereocenters. The van der Waals surface area contributed by atoms with Gasteiger partial charge in [0.15, 0.2) is 6.10 Å². The molecule has 1 heterocycles. The Labute approximate surface area is 123 Å². The van der Waals surface area contributed by atoms with Crippen LogP contribution in [0.2, 0.25) is 0 Å². The molecule has 0 aromatic heterocycles. The molecule has 1 aliphatic heterocycles. The van der Waals surface area contributed by atoms with E-state index in [4.69, 9.17) is 15.6 Å². The monoisotopic (exact) mass is 292 g/mol. The molecular weight excluding hydrogens is 272 g/mol. The van der Waals surface area contributed by atoms with Crippen molar-refractivity contribution in [3.8, 4) is 5.75 Å². The number of nitrogens with two attached hydrogens (primary N) is 1. The van der Waals surface area contributed by atoms with Crippen molar-refractivity contribution >= 4 is 17.6 Å². The number of rotatable bonds is 5. The molecule has 21 heavy (non-hydrogen) atoms. The number of benzene rings is 1. The number of nitrogens with zero attached hydrogens (tertiary/aromatic N) is 1. The SMILES string of the molecule is CC(C)C1Oc2ccc(CN)cc2N(CCC(=O)O)C1=O. The van der Waals surface area contributed by atoms with Gasteiger partial charge in [0.1, 0.15) is 5.75 Å². The van der Waals surface area contributed by atoms with Gasteiger partial charge in [-0.15, -0.1) is 0 Å². The second kappa shape index (κ2) is 6.13. The second-order valence-corrected chi connectivity index (χ2v) is 5.42. The second-order valence-electron chi connectivity index (χ2n) is 5.42. The topological polar surface area (TPSA) is 92.9 Å². The van der Waals surface area contributed by atoms with Crippen molar-refractivity contribution in [2.45, 2.75) is 32.9 Å². The van der Waals surface area contributed by atoms with E-state index < -0.39 is 12.1 Å². The Kier molecular flexibility index (Phi) is 4.47. The first-order valence-corrected chi connectivity index (χ1v) is 6.97. The van der Waals surface area contributed by atoms with Crippen LogP contribution in [0.25, 0.3) is 0 Å². The highest BCUT2D eigenvalue weighted by Crippen LogP contribution is 2.36. The molecule has 2 rings (SSSR count). The largest absolute Gasteiger partial charge is 0.481 e. The van der Waals surface area contributed by atoms with Gasteiger partial charge in [0.2, 0.25) is 0 Å². The van der Waals surface area contributed by atoms with Crippen molar-refractivity contribution in [1.82, 2.24) is 0 Å². The van der Waals surface area contributed by atoms with Crippen molar-refractivity contribution in [1.29, 1.82) is 0 Å². The number of fused-ring (bicyclic) bond motifs is 1. The van der Waals surface area contributed by atoms with Crippen LogP contribution in [0.5, 0.6) is 5.75 Å². The molecule has 1 aromatic rings. The number of aliphatic carboxylic acids is 1. The molecule has 0 spiro atoms. The molecule has 6 heteroatoms. The Bertz CT molecular complexity index is 557. The maximum absolute atomic E-state index is 12.5. The lowest BCUT2D eigenvalue weighted by Crippen LogP contribution is -2.49. The quantitative estimate of drug-likeness (QED) is 0.855. The van der Waals surface area contributed by atoms with Gasteiger partial charge in [-0.2, -0.15) is 0 Å². The number of hydrogen-bond acceptors (Lipinski definition) is 4. The number of carbonyl (C=O) groups is 2. The zero-order chi connectivity index (χ0) is 15.6. The summed E-state index contributed by atoms with van der Waals surface area (Å²) in [4.78, 5) is 24.8. The highest BCUT2D eigenvalue weighted by atomic mass is 16.5. The minimum Gasteiger partial charge on any atom is -0.481 e. The van der Waals surface area contributed by atoms with E-state index in [9.17, 15) is 9.59 Å². The van der Waals surface area contributed by atoms with Crippen LogP contribution in [-0.4, -0.2) is 29.6 Å². The van der Waals surface area contributed by atoms with Crippen LogP contribution in [0.15, 0.2) is 18.2 Å². The van der Waals surface area contributed by atoms with Crippen molar-refractivity contribution < 1.29 is 19.4 Å². The molecule has 0 bridgehead atoms. The third kappa shape index (κ3) is 3.16. The summed E-state index contributed by atoms with van der Waals surface area (Å²) in [7, 11) is 0. The van der Waals surface area contributed by atoms with Crippen LogP contribution in [-0.2, 0) is 16.1 Å². The first kappa shape index (κ1) is 15.3. The van der Waals surface area contributed by atoms with Crippen LogP contribution in [0.3, 0.4) is 0 Å². The molecule has 0 aliphatic carbocycles. The molecule has 1 aliphatic rings. The Morgan fingerprint density at radius 2 is 2.19 bits per heavy atom. The highest BCUT2D eigenvalue weighted by Gasteiger charge is 2.36. The molecule has 1 amide bonds. The summed E-state index contributed by atoms with van der Waals surface area (Å²) in [6.45, 7) is 4.28. The molecule has 114 valence electrons. The molecule has 0 fully saturated rings. The summed E-state index contributed by atoms with van der Waals surface area (Å²) in [6.07, 6.45) is -0.696. The number of carbonyl (C=O) groups excluding carboxylic acids is 1. The van der Waals surface area contributed by atoms with Gasteiger partial charge >= 0.3 is 5.97 Å². The van der Waals surface area contributed by atoms with Crippen LogP contribution in [0.4, 0.5) is 5.69 Å². The van der Waals surface area contributed by atoms with E-state index in [0.717, 1.165) is 5.56 Å². The fourth-order valence-corrected chi connectivity index (χ4v) is 2.32. The maximum atomic E-state index is 12.5. The number of ether oxygens (including phenoxy) is 1. The van der Waals surface area contributed by atoms with Crippen LogP contribution < -0.4 is 15.4 Å². The van der Waals surface area contributed by atoms with Gasteiger partial charge in [-0.3, -0.25) is 9.59 Å². The van der Waals surface area contributed by atoms with Gasteiger partial charge in [-0.25, -0.2) is 0 Å². The standard InChI is InChI=1S/C15H20N2O4/c1-9(2)14-15(20)17(6-5-13(18)19)11-7-10(8-16)3-4-12(11)21-14/h3-4,7,9,14H,5-6,8,16H2,1-2H3,(H,18,19). The summed E-state index contributed by atoms with van der Waals surface area (Å²) in [5.41, 5.74) is 7.09. The van der Waals surface area contributed by atoms with E-state index in [-0.39, 0.29) is 24.8 Å². The lowest BCUT2D eigenvalue weighted by molar-refractivity contribution is -0.136. The van der Waals surface area contributed by atoms with Gasteiger partial charge in [-0.1, -0.05) is 19.9 Å². The third-order valence-electron chi connectivity index (χ3n) is 3.47. The molecular formula is C15H20N2O4. The smallest absolute Gasteiger partial charge is 0.305 e. The Morgan fingerprint density at radius 1 is 1.48 bits per heavy atom. The number of anilines is 1. The van der Waals surface area contributed by atoms with E-state index in [1.807, 2.05) is 19.9 Å². The van der Waals surface area contributed by atoms with E-state index in [1.165, 1.54) is 4.90 Å². The third-order valence-corrected chi connectivity index (χ3v) is 3.47. The lowest BCUT2D eigenvalue weighted by atomic mass is 10.0. The van der Waals surface area contributed by atoms with E-state index in [0.29, 0.717) is 18.0 Å². The minimum absolute atomic E-state index is 0.00663. The lowest BCUT2D eigenvalue weighted by Gasteiger charge is -2.36. The normalized spacial score (nSPS) is 17.6. The van der Waals surface area contributed by atoms with Crippen molar-refractivity contribution in [2.75, 3.05) is 11.4 Å². The molecule has 1 aromatic carbocycles. The summed E-state index contributed by atoms with van der Waals surface area (Å²) in [5.74, 6) is -0.539. The number of amides is 1. The molecule has 3 N–H and O–H groups in total. The van der Waals surface area contributed by atoms with E-state index in [2.05, 4.69) is 0 Å². The van der Waals surface area contributed by atoms with Crippen LogP contribution >= 0.6 is 0 Å². The number of carboxylic acids is 1. The van der Waals surface area contributed by atoms with Crippen LogP contribution in [0.1, 0.15) is 25.8 Å². The van der Waals surface area contributed by atoms with Gasteiger partial charge < -0.3 is 20.5 Å². The number of hydrogen-bond donors (Lipinski definition) is 2. The fourth-order valence-electron chi connectivity index (χ4n) is 2.32. The van der Waals surface area contributed by atoms with Crippen molar-refractivity contribution in [2.24, 2.45) is 11.7 Å². The zero-order valence-electron chi connectivity index (χ0n) is 12.2. The van der Waals surface area contributed by atoms with Crippen molar-refractivity contribution in [3.05, 3.63) is 23.8 Å². The zero-order valence-corrected chi connectivity index (χ0v) is 12.2. The predicted octanol–water partition coefficient (Wildman–Crippen LogP) is 1.37. The average Bonchev–Trinajstić information content (AvgIpc) is 2.44. The van der Waals surface area contributed by atoms with E-state index in [1.54, 1.807) is 12.1 Å². The summed E-state index contributed by atoms with van der Waals surface area (Å²) >= 11 is 0. The fraction of sp³-hybridized carbons (Fsp3) is 0.467. The maximum Gasteiger partial charge on any atom is 0.305 e. The summed E-state index contributed by atoms with van der Waals surface area (Å²) < 4.78 is 5.76. The molecule has 0 radical (unpaired) electrons. The molecule has 6 nitrogen and oxygen atoms in total. The van der Waals surface area contributed by atoms with Gasteiger partial charge in [0.05, 0.1) is 12.1 Å². The predicted molar refractivity (Wildman–Crippen MR) is 78.2 cm³/mol. The molecule has 1 atom stereocenters. The van der Waals surface area contributed by atoms with Crippen LogP contribution in [0, 0.1) is 5.92 Å². The first-order chi connectivity index (χ1) is 9.93. The average molecular weight is 292 g/mol. The highest BCUT2D eigenvalue weighted by molar-refractivity contribution is 6.00. The van der Waals surface area contributed by atoms with Gasteiger partial charge in [0, 0.05) is 13.1 Å².